The van der Waals surface area contributed by atoms with Crippen molar-refractivity contribution in [3.63, 3.8) is 0 Å². The number of hydrogen-bond donors (Lipinski definition) is 6. The van der Waals surface area contributed by atoms with Crippen LogP contribution in [0.25, 0.3) is 0 Å². The van der Waals surface area contributed by atoms with Crippen molar-refractivity contribution < 1.29 is 29.2 Å². The molecule has 0 aliphatic rings. The molecule has 0 spiro atoms. The van der Waals surface area contributed by atoms with Crippen LogP contribution in [0.4, 0.5) is 0 Å². The molecule has 0 aliphatic carbocycles. The Morgan fingerprint density at radius 1 is 0.375 bits per heavy atom. The van der Waals surface area contributed by atoms with Gasteiger partial charge in [0.25, 0.3) is 0 Å². The molecule has 8 heavy (non-hydrogen) atoms. The standard InChI is InChI=1S/ClH.Co.6H3N/h1H;;6*1H3/q;+3;;;;;;/p-1. The van der Waals surface area contributed by atoms with E-state index >= 15 is 0 Å². The van der Waals surface area contributed by atoms with Crippen molar-refractivity contribution in [2.45, 2.75) is 0 Å². The predicted molar refractivity (Wildman–Crippen MR) is 30.1 cm³/mol. The van der Waals surface area contributed by atoms with E-state index in [1.807, 2.05) is 0 Å². The van der Waals surface area contributed by atoms with E-state index in [1.165, 1.54) is 0 Å². The normalized spacial score (nSPS) is 0. The minimum absolute atomic E-state index is 0. The van der Waals surface area contributed by atoms with Crippen LogP contribution < -0.4 is 49.3 Å². The second kappa shape index (κ2) is 1050. The van der Waals surface area contributed by atoms with E-state index in [4.69, 9.17) is 0 Å². The molecule has 0 saturated heterocycles. The van der Waals surface area contributed by atoms with Gasteiger partial charge >= 0.3 is 16.8 Å². The minimum Gasteiger partial charge on any atom is -1.00 e. The van der Waals surface area contributed by atoms with Crippen molar-refractivity contribution in [2.24, 2.45) is 0 Å². The average molecular weight is 197 g/mol. The van der Waals surface area contributed by atoms with Crippen LogP contribution in [0, 0.1) is 0 Å². The van der Waals surface area contributed by atoms with Gasteiger partial charge in [0, 0.05) is 0 Å². The second-order valence-corrected chi connectivity index (χ2v) is 0. The number of rotatable bonds is 0. The molecule has 0 amide bonds. The van der Waals surface area contributed by atoms with E-state index in [2.05, 4.69) is 0 Å². The molecule has 0 heterocycles. The van der Waals surface area contributed by atoms with Crippen molar-refractivity contribution in [3.05, 3.63) is 0 Å². The van der Waals surface area contributed by atoms with Crippen LogP contribution in [0.5, 0.6) is 0 Å². The first kappa shape index (κ1) is 1580. The van der Waals surface area contributed by atoms with Crippen molar-refractivity contribution in [1.82, 2.24) is 36.9 Å². The number of hydrogen-bond acceptors (Lipinski definition) is 6. The van der Waals surface area contributed by atoms with Gasteiger partial charge in [0.05, 0.1) is 0 Å². The van der Waals surface area contributed by atoms with E-state index in [0.29, 0.717) is 0 Å². The van der Waals surface area contributed by atoms with Gasteiger partial charge in [0.1, 0.15) is 0 Å². The molecule has 8 heteroatoms. The van der Waals surface area contributed by atoms with Crippen LogP contribution in [0.15, 0.2) is 0 Å². The van der Waals surface area contributed by atoms with Crippen molar-refractivity contribution in [3.8, 4) is 0 Å². The molecule has 0 aliphatic heterocycles. The van der Waals surface area contributed by atoms with Gasteiger partial charge < -0.3 is 49.3 Å². The third-order valence-electron chi connectivity index (χ3n) is 0. The Balaban J connectivity index is 0. The molecule has 0 saturated carbocycles. The summed E-state index contributed by atoms with van der Waals surface area (Å²) in [4.78, 5) is 0. The third-order valence-corrected chi connectivity index (χ3v) is 0. The van der Waals surface area contributed by atoms with E-state index in [-0.39, 0.29) is 66.1 Å². The minimum atomic E-state index is 0. The molecule has 0 aromatic rings. The molecule has 6 nitrogen and oxygen atoms in total. The van der Waals surface area contributed by atoms with Crippen molar-refractivity contribution >= 4 is 0 Å². The molecule has 0 unspecified atom stereocenters. The molecule has 0 rings (SSSR count). The van der Waals surface area contributed by atoms with Crippen LogP contribution >= 0.6 is 0 Å². The van der Waals surface area contributed by atoms with E-state index in [1.54, 1.807) is 0 Å². The van der Waals surface area contributed by atoms with Crippen LogP contribution in [0.2, 0.25) is 0 Å². The summed E-state index contributed by atoms with van der Waals surface area (Å²) < 4.78 is 0. The summed E-state index contributed by atoms with van der Waals surface area (Å²) in [6.07, 6.45) is 0. The summed E-state index contributed by atoms with van der Waals surface area (Å²) in [7, 11) is 0. The fraction of sp³-hybridized carbons (Fsp3) is 0. The SMILES string of the molecule is N.N.N.N.N.N.[Cl-].[Co+3]. The van der Waals surface area contributed by atoms with Gasteiger partial charge in [-0.05, 0) is 0 Å². The van der Waals surface area contributed by atoms with Gasteiger partial charge in [0.15, 0.2) is 0 Å². The second-order valence-electron chi connectivity index (χ2n) is 0. The summed E-state index contributed by atoms with van der Waals surface area (Å²) in [6, 6.07) is 0. The molecule has 0 fully saturated rings. The summed E-state index contributed by atoms with van der Waals surface area (Å²) in [5.74, 6) is 0. The quantitative estimate of drug-likeness (QED) is 0.257. The summed E-state index contributed by atoms with van der Waals surface area (Å²) in [5, 5.41) is 0. The Labute approximate surface area is 66.7 Å². The summed E-state index contributed by atoms with van der Waals surface area (Å²) in [5.41, 5.74) is 0. The third kappa shape index (κ3) is 654. The monoisotopic (exact) mass is 196 g/mol. The smallest absolute Gasteiger partial charge is 1.00 e. The summed E-state index contributed by atoms with van der Waals surface area (Å²) >= 11 is 0. The molecular formula is H18ClCoN6+2. The van der Waals surface area contributed by atoms with Gasteiger partial charge in [-0.2, -0.15) is 0 Å². The summed E-state index contributed by atoms with van der Waals surface area (Å²) in [6.45, 7) is 0. The van der Waals surface area contributed by atoms with Crippen LogP contribution in [-0.2, 0) is 16.8 Å². The Morgan fingerprint density at radius 2 is 0.375 bits per heavy atom. The number of halogens is 1. The zero-order valence-corrected chi connectivity index (χ0v) is 6.75. The zero-order chi connectivity index (χ0) is 0. The van der Waals surface area contributed by atoms with Crippen LogP contribution in [0.1, 0.15) is 0 Å². The van der Waals surface area contributed by atoms with E-state index in [9.17, 15) is 0 Å². The van der Waals surface area contributed by atoms with E-state index in [0.717, 1.165) is 0 Å². The fourth-order valence-electron chi connectivity index (χ4n) is 0. The van der Waals surface area contributed by atoms with Gasteiger partial charge in [-0.3, -0.25) is 0 Å². The topological polar surface area (TPSA) is 210 Å². The molecule has 62 valence electrons. The molecule has 0 radical (unpaired) electrons. The first-order chi connectivity index (χ1) is 0. The maximum atomic E-state index is 0. The molecule has 0 bridgehead atoms. The molecule has 0 aromatic carbocycles. The Bertz CT molecular complexity index is 8.49. The Morgan fingerprint density at radius 3 is 0.375 bits per heavy atom. The first-order valence-electron chi connectivity index (χ1n) is 0. The Hall–Kier alpha value is 0.556. The van der Waals surface area contributed by atoms with Crippen LogP contribution in [0.3, 0.4) is 0 Å². The molecule has 0 atom stereocenters. The van der Waals surface area contributed by atoms with Crippen molar-refractivity contribution in [2.75, 3.05) is 0 Å². The van der Waals surface area contributed by atoms with Crippen molar-refractivity contribution in [1.29, 1.82) is 0 Å². The van der Waals surface area contributed by atoms with E-state index < -0.39 is 0 Å². The maximum Gasteiger partial charge on any atom is 3.00 e. The largest absolute Gasteiger partial charge is 3.00 e. The Kier molecular flexibility index (Phi) is 207000. The molecule has 18 N–H and O–H groups in total. The fourth-order valence-corrected chi connectivity index (χ4v) is 0. The van der Waals surface area contributed by atoms with Gasteiger partial charge in [-0.25, -0.2) is 0 Å². The van der Waals surface area contributed by atoms with Gasteiger partial charge in [-0.15, -0.1) is 0 Å². The average Bonchev–Trinajstić information content (AvgIpc) is 0. The van der Waals surface area contributed by atoms with Gasteiger partial charge in [-0.1, -0.05) is 0 Å². The maximum absolute atomic E-state index is 0. The first-order valence-corrected chi connectivity index (χ1v) is 0. The zero-order valence-electron chi connectivity index (χ0n) is 4.95. The predicted octanol–water partition coefficient (Wildman–Crippen LogP) is -2.03. The molecule has 0 aromatic heterocycles. The van der Waals surface area contributed by atoms with Gasteiger partial charge in [0.2, 0.25) is 0 Å². The molecular weight excluding hydrogens is 178 g/mol. The van der Waals surface area contributed by atoms with Crippen LogP contribution in [-0.4, -0.2) is 0 Å².